The Bertz CT molecular complexity index is 478. The fraction of sp³-hybridized carbons (Fsp3) is 0.533. The van der Waals surface area contributed by atoms with Crippen molar-refractivity contribution in [1.82, 2.24) is 10.6 Å². The van der Waals surface area contributed by atoms with E-state index in [9.17, 15) is 5.11 Å². The summed E-state index contributed by atoms with van der Waals surface area (Å²) in [7, 11) is 0. The molecule has 1 saturated carbocycles. The van der Waals surface area contributed by atoms with Crippen LogP contribution in [0, 0.1) is 5.92 Å². The first-order valence-electron chi connectivity index (χ1n) is 7.09. The van der Waals surface area contributed by atoms with Crippen LogP contribution in [-0.2, 0) is 0 Å². The number of nitrogens with one attached hydrogen (secondary N) is 2. The average Bonchev–Trinajstić information content (AvgIpc) is 3.12. The van der Waals surface area contributed by atoms with Gasteiger partial charge in [0.15, 0.2) is 5.96 Å². The molecule has 0 aromatic heterocycles. The van der Waals surface area contributed by atoms with Gasteiger partial charge in [0, 0.05) is 23.2 Å². The number of hydrogen-bond donors (Lipinski definition) is 3. The molecule has 4 nitrogen and oxygen atoms in total. The lowest BCUT2D eigenvalue weighted by atomic mass is 10.1. The number of guanidine groups is 1. The van der Waals surface area contributed by atoms with Crippen molar-refractivity contribution in [1.29, 1.82) is 0 Å². The third-order valence-electron chi connectivity index (χ3n) is 3.46. The molecule has 1 fully saturated rings. The molecule has 1 aromatic carbocycles. The lowest BCUT2D eigenvalue weighted by molar-refractivity contribution is 0.187. The summed E-state index contributed by atoms with van der Waals surface area (Å²) in [5.74, 6) is 1.46. The Morgan fingerprint density at radius 1 is 1.50 bits per heavy atom. The number of halogens is 1. The van der Waals surface area contributed by atoms with E-state index in [2.05, 4.69) is 22.5 Å². The zero-order valence-electron chi connectivity index (χ0n) is 11.9. The monoisotopic (exact) mass is 295 g/mol. The molecule has 1 aliphatic carbocycles. The van der Waals surface area contributed by atoms with Crippen LogP contribution in [0.15, 0.2) is 29.3 Å². The van der Waals surface area contributed by atoms with Crippen molar-refractivity contribution >= 4 is 17.6 Å². The molecule has 3 N–H and O–H groups in total. The number of aliphatic imine (C=N–C) groups is 1. The smallest absolute Gasteiger partial charge is 0.191 e. The van der Waals surface area contributed by atoms with Crippen LogP contribution >= 0.6 is 11.6 Å². The van der Waals surface area contributed by atoms with Gasteiger partial charge in [-0.05, 0) is 25.3 Å². The van der Waals surface area contributed by atoms with Gasteiger partial charge in [-0.25, -0.2) is 0 Å². The van der Waals surface area contributed by atoms with Crippen LogP contribution in [0.25, 0.3) is 0 Å². The lowest BCUT2D eigenvalue weighted by Crippen LogP contribution is -2.39. The summed E-state index contributed by atoms with van der Waals surface area (Å²) in [4.78, 5) is 4.43. The number of aliphatic hydroxyl groups is 1. The van der Waals surface area contributed by atoms with Gasteiger partial charge in [0.1, 0.15) is 6.10 Å². The van der Waals surface area contributed by atoms with Crippen LogP contribution < -0.4 is 10.6 Å². The van der Waals surface area contributed by atoms with E-state index in [1.807, 2.05) is 25.1 Å². The van der Waals surface area contributed by atoms with E-state index < -0.39 is 6.10 Å². The molecule has 5 heteroatoms. The molecule has 0 heterocycles. The second-order valence-corrected chi connectivity index (χ2v) is 5.63. The second kappa shape index (κ2) is 6.95. The Kier molecular flexibility index (Phi) is 5.26. The quantitative estimate of drug-likeness (QED) is 0.577. The van der Waals surface area contributed by atoms with Gasteiger partial charge in [-0.1, -0.05) is 36.7 Å². The van der Waals surface area contributed by atoms with Gasteiger partial charge in [0.25, 0.3) is 0 Å². The van der Waals surface area contributed by atoms with Crippen molar-refractivity contribution in [3.63, 3.8) is 0 Å². The van der Waals surface area contributed by atoms with Gasteiger partial charge in [0.2, 0.25) is 0 Å². The zero-order chi connectivity index (χ0) is 14.5. The molecule has 20 heavy (non-hydrogen) atoms. The minimum Gasteiger partial charge on any atom is -0.386 e. The fourth-order valence-corrected chi connectivity index (χ4v) is 2.30. The molecule has 0 saturated heterocycles. The van der Waals surface area contributed by atoms with Gasteiger partial charge in [-0.2, -0.15) is 0 Å². The molecule has 0 aliphatic heterocycles. The first-order valence-corrected chi connectivity index (χ1v) is 7.47. The molecule has 0 amide bonds. The molecule has 3 unspecified atom stereocenters. The number of hydrogen-bond acceptors (Lipinski definition) is 2. The molecule has 0 radical (unpaired) electrons. The molecule has 1 aliphatic rings. The third-order valence-corrected chi connectivity index (χ3v) is 3.81. The predicted octanol–water partition coefficient (Wildman–Crippen LogP) is 2.34. The first kappa shape index (κ1) is 15.1. The number of nitrogens with zero attached hydrogens (tertiary/aromatic N) is 1. The van der Waals surface area contributed by atoms with Crippen LogP contribution in [0.4, 0.5) is 0 Å². The predicted molar refractivity (Wildman–Crippen MR) is 83.1 cm³/mol. The maximum atomic E-state index is 10.2. The highest BCUT2D eigenvalue weighted by atomic mass is 35.5. The van der Waals surface area contributed by atoms with E-state index in [0.29, 0.717) is 29.1 Å². The van der Waals surface area contributed by atoms with E-state index in [0.717, 1.165) is 12.5 Å². The highest BCUT2D eigenvalue weighted by molar-refractivity contribution is 6.31. The van der Waals surface area contributed by atoms with Crippen molar-refractivity contribution in [2.24, 2.45) is 10.9 Å². The van der Waals surface area contributed by atoms with Crippen LogP contribution in [0.2, 0.25) is 5.02 Å². The van der Waals surface area contributed by atoms with E-state index >= 15 is 0 Å². The van der Waals surface area contributed by atoms with E-state index in [4.69, 9.17) is 11.6 Å². The summed E-state index contributed by atoms with van der Waals surface area (Å²) in [5, 5.41) is 17.3. The van der Waals surface area contributed by atoms with Crippen LogP contribution in [0.1, 0.15) is 31.9 Å². The van der Waals surface area contributed by atoms with E-state index in [-0.39, 0.29) is 0 Å². The maximum absolute atomic E-state index is 10.2. The van der Waals surface area contributed by atoms with Crippen molar-refractivity contribution < 1.29 is 5.11 Å². The van der Waals surface area contributed by atoms with Crippen molar-refractivity contribution in [3.8, 4) is 0 Å². The van der Waals surface area contributed by atoms with Crippen LogP contribution in [0.3, 0.4) is 0 Å². The largest absolute Gasteiger partial charge is 0.386 e. The zero-order valence-corrected chi connectivity index (χ0v) is 12.7. The minimum absolute atomic E-state index is 0.292. The molecular formula is C15H22ClN3O. The molecule has 0 bridgehead atoms. The Morgan fingerprint density at radius 2 is 2.20 bits per heavy atom. The van der Waals surface area contributed by atoms with Crippen molar-refractivity contribution in [3.05, 3.63) is 34.9 Å². The number of benzene rings is 1. The average molecular weight is 296 g/mol. The van der Waals surface area contributed by atoms with E-state index in [1.54, 1.807) is 6.07 Å². The Labute approximate surface area is 125 Å². The van der Waals surface area contributed by atoms with Gasteiger partial charge in [-0.15, -0.1) is 0 Å². The Hall–Kier alpha value is -1.26. The van der Waals surface area contributed by atoms with E-state index in [1.165, 1.54) is 6.42 Å². The van der Waals surface area contributed by atoms with Crippen LogP contribution in [0.5, 0.6) is 0 Å². The van der Waals surface area contributed by atoms with Crippen LogP contribution in [-0.4, -0.2) is 30.2 Å². The molecule has 3 atom stereocenters. The normalized spacial score (nSPS) is 23.3. The van der Waals surface area contributed by atoms with Crippen molar-refractivity contribution in [2.75, 3.05) is 13.1 Å². The summed E-state index contributed by atoms with van der Waals surface area (Å²) in [6.45, 7) is 5.33. The maximum Gasteiger partial charge on any atom is 0.191 e. The molecule has 1 aromatic rings. The summed E-state index contributed by atoms with van der Waals surface area (Å²) < 4.78 is 0. The number of rotatable bonds is 5. The SMILES string of the molecule is CCNC(=NCC(O)c1ccccc1Cl)NC1CC1C. The second-order valence-electron chi connectivity index (χ2n) is 5.22. The summed E-state index contributed by atoms with van der Waals surface area (Å²) in [5.41, 5.74) is 0.716. The Balaban J connectivity index is 1.95. The standard InChI is InChI=1S/C15H22ClN3O/c1-3-17-15(19-13-8-10(13)2)18-9-14(20)11-6-4-5-7-12(11)16/h4-7,10,13-14,20H,3,8-9H2,1-2H3,(H2,17,18,19). The van der Waals surface area contributed by atoms with Gasteiger partial charge in [0.05, 0.1) is 6.54 Å². The van der Waals surface area contributed by atoms with Gasteiger partial charge in [-0.3, -0.25) is 4.99 Å². The third kappa shape index (κ3) is 4.12. The lowest BCUT2D eigenvalue weighted by Gasteiger charge is -2.14. The van der Waals surface area contributed by atoms with Gasteiger partial charge >= 0.3 is 0 Å². The minimum atomic E-state index is -0.684. The highest BCUT2D eigenvalue weighted by Crippen LogP contribution is 2.28. The number of aliphatic hydroxyl groups excluding tert-OH is 1. The molecule has 0 spiro atoms. The fourth-order valence-electron chi connectivity index (χ4n) is 2.04. The summed E-state index contributed by atoms with van der Waals surface area (Å²) in [6.07, 6.45) is 0.494. The summed E-state index contributed by atoms with van der Waals surface area (Å²) >= 11 is 6.07. The molecular weight excluding hydrogens is 274 g/mol. The first-order chi connectivity index (χ1) is 9.61. The van der Waals surface area contributed by atoms with Crippen molar-refractivity contribution in [2.45, 2.75) is 32.4 Å². The van der Waals surface area contributed by atoms with Gasteiger partial charge < -0.3 is 15.7 Å². The molecule has 110 valence electrons. The Morgan fingerprint density at radius 3 is 2.80 bits per heavy atom. The highest BCUT2D eigenvalue weighted by Gasteiger charge is 2.33. The topological polar surface area (TPSA) is 56.7 Å². The summed E-state index contributed by atoms with van der Waals surface area (Å²) in [6, 6.07) is 7.82. The molecule has 2 rings (SSSR count).